The van der Waals surface area contributed by atoms with Gasteiger partial charge in [-0.2, -0.15) is 0 Å². The largest absolute Gasteiger partial charge is 0.390 e. The monoisotopic (exact) mass is 306 g/mol. The van der Waals surface area contributed by atoms with Crippen molar-refractivity contribution >= 4 is 27.3 Å². The Morgan fingerprint density at radius 2 is 2.25 bits per heavy atom. The SMILES string of the molecule is CCCC(OCC)C(O)Cc1cc(Br)cs1. The van der Waals surface area contributed by atoms with Gasteiger partial charge in [0.25, 0.3) is 0 Å². The number of ether oxygens (including phenoxy) is 1. The molecule has 0 aliphatic carbocycles. The topological polar surface area (TPSA) is 29.5 Å². The van der Waals surface area contributed by atoms with Gasteiger partial charge in [0.2, 0.25) is 0 Å². The average Bonchev–Trinajstić information content (AvgIpc) is 2.63. The summed E-state index contributed by atoms with van der Waals surface area (Å²) >= 11 is 5.09. The molecule has 0 amide bonds. The summed E-state index contributed by atoms with van der Waals surface area (Å²) in [4.78, 5) is 1.19. The van der Waals surface area contributed by atoms with Crippen LogP contribution in [-0.4, -0.2) is 23.9 Å². The van der Waals surface area contributed by atoms with Crippen LogP contribution in [0.25, 0.3) is 0 Å². The highest BCUT2D eigenvalue weighted by atomic mass is 79.9. The minimum absolute atomic E-state index is 0.0316. The van der Waals surface area contributed by atoms with Crippen LogP contribution in [0.1, 0.15) is 31.6 Å². The van der Waals surface area contributed by atoms with E-state index in [2.05, 4.69) is 28.9 Å². The number of thiophene rings is 1. The molecule has 92 valence electrons. The van der Waals surface area contributed by atoms with E-state index in [9.17, 15) is 5.11 Å². The van der Waals surface area contributed by atoms with E-state index in [1.54, 1.807) is 11.3 Å². The highest BCUT2D eigenvalue weighted by molar-refractivity contribution is 9.10. The molecule has 2 unspecified atom stereocenters. The first-order valence-corrected chi connectivity index (χ1v) is 7.37. The van der Waals surface area contributed by atoms with E-state index in [0.29, 0.717) is 13.0 Å². The van der Waals surface area contributed by atoms with E-state index in [1.807, 2.05) is 12.3 Å². The summed E-state index contributed by atoms with van der Waals surface area (Å²) in [6.45, 7) is 4.74. The van der Waals surface area contributed by atoms with E-state index in [1.165, 1.54) is 4.88 Å². The maximum absolute atomic E-state index is 10.1. The molecule has 1 rings (SSSR count). The zero-order chi connectivity index (χ0) is 12.0. The van der Waals surface area contributed by atoms with Crippen molar-refractivity contribution in [3.05, 3.63) is 20.8 Å². The van der Waals surface area contributed by atoms with Gasteiger partial charge >= 0.3 is 0 Å². The van der Waals surface area contributed by atoms with E-state index >= 15 is 0 Å². The first-order valence-electron chi connectivity index (χ1n) is 5.70. The average molecular weight is 307 g/mol. The summed E-state index contributed by atoms with van der Waals surface area (Å²) in [5, 5.41) is 12.1. The second-order valence-corrected chi connectivity index (χ2v) is 5.70. The second-order valence-electron chi connectivity index (χ2n) is 3.79. The zero-order valence-corrected chi connectivity index (χ0v) is 12.2. The highest BCUT2D eigenvalue weighted by Gasteiger charge is 2.19. The third-order valence-corrected chi connectivity index (χ3v) is 4.14. The van der Waals surface area contributed by atoms with E-state index in [-0.39, 0.29) is 6.10 Å². The molecule has 0 aliphatic heterocycles. The van der Waals surface area contributed by atoms with Gasteiger partial charge in [0, 0.05) is 27.8 Å². The summed E-state index contributed by atoms with van der Waals surface area (Å²) in [6, 6.07) is 2.06. The van der Waals surface area contributed by atoms with Crippen molar-refractivity contribution in [3.8, 4) is 0 Å². The molecular formula is C12H19BrO2S. The molecule has 1 heterocycles. The van der Waals surface area contributed by atoms with Gasteiger partial charge in [-0.25, -0.2) is 0 Å². The van der Waals surface area contributed by atoms with Crippen LogP contribution in [0.4, 0.5) is 0 Å². The fourth-order valence-corrected chi connectivity index (χ4v) is 3.19. The van der Waals surface area contributed by atoms with Gasteiger partial charge in [-0.1, -0.05) is 13.3 Å². The molecule has 0 aromatic carbocycles. The van der Waals surface area contributed by atoms with Gasteiger partial charge in [0.05, 0.1) is 12.2 Å². The van der Waals surface area contributed by atoms with E-state index < -0.39 is 6.10 Å². The van der Waals surface area contributed by atoms with Crippen LogP contribution in [0.5, 0.6) is 0 Å². The molecule has 0 spiro atoms. The highest BCUT2D eigenvalue weighted by Crippen LogP contribution is 2.22. The first kappa shape index (κ1) is 14.2. The van der Waals surface area contributed by atoms with Gasteiger partial charge in [-0.15, -0.1) is 11.3 Å². The molecular weight excluding hydrogens is 288 g/mol. The van der Waals surface area contributed by atoms with Crippen LogP contribution in [0.15, 0.2) is 15.9 Å². The maximum Gasteiger partial charge on any atom is 0.0849 e. The van der Waals surface area contributed by atoms with Gasteiger partial charge in [0.15, 0.2) is 0 Å². The van der Waals surface area contributed by atoms with Crippen molar-refractivity contribution in [2.75, 3.05) is 6.61 Å². The van der Waals surface area contributed by atoms with Crippen molar-refractivity contribution in [3.63, 3.8) is 0 Å². The summed E-state index contributed by atoms with van der Waals surface area (Å²) in [6.07, 6.45) is 2.21. The van der Waals surface area contributed by atoms with Crippen molar-refractivity contribution in [1.29, 1.82) is 0 Å². The van der Waals surface area contributed by atoms with Crippen LogP contribution in [-0.2, 0) is 11.2 Å². The number of aliphatic hydroxyl groups is 1. The van der Waals surface area contributed by atoms with E-state index in [0.717, 1.165) is 17.3 Å². The Balaban J connectivity index is 2.50. The zero-order valence-electron chi connectivity index (χ0n) is 9.78. The number of halogens is 1. The van der Waals surface area contributed by atoms with Crippen LogP contribution in [0.3, 0.4) is 0 Å². The normalized spacial score (nSPS) is 15.0. The standard InChI is InChI=1S/C12H19BrO2S/c1-3-5-12(15-4-2)11(14)7-10-6-9(13)8-16-10/h6,8,11-12,14H,3-5,7H2,1-2H3. The molecule has 1 aromatic rings. The maximum atomic E-state index is 10.1. The third kappa shape index (κ3) is 4.53. The number of hydrogen-bond donors (Lipinski definition) is 1. The lowest BCUT2D eigenvalue weighted by atomic mass is 10.1. The van der Waals surface area contributed by atoms with Crippen LogP contribution >= 0.6 is 27.3 Å². The van der Waals surface area contributed by atoms with Gasteiger partial charge in [-0.05, 0) is 35.3 Å². The second kappa shape index (κ2) is 7.43. The smallest absolute Gasteiger partial charge is 0.0849 e. The summed E-state index contributed by atoms with van der Waals surface area (Å²) in [5.41, 5.74) is 0. The Labute approximate surface area is 110 Å². The molecule has 0 saturated heterocycles. The first-order chi connectivity index (χ1) is 7.67. The molecule has 0 saturated carbocycles. The molecule has 1 aromatic heterocycles. The summed E-state index contributed by atoms with van der Waals surface area (Å²) in [5.74, 6) is 0. The molecule has 0 radical (unpaired) electrons. The molecule has 0 bridgehead atoms. The fraction of sp³-hybridized carbons (Fsp3) is 0.667. The third-order valence-electron chi connectivity index (χ3n) is 2.42. The Bertz CT molecular complexity index is 295. The van der Waals surface area contributed by atoms with Crippen molar-refractivity contribution in [2.24, 2.45) is 0 Å². The summed E-state index contributed by atoms with van der Waals surface area (Å²) < 4.78 is 6.65. The lowest BCUT2D eigenvalue weighted by molar-refractivity contribution is -0.0360. The quantitative estimate of drug-likeness (QED) is 0.833. The van der Waals surface area contributed by atoms with E-state index in [4.69, 9.17) is 4.74 Å². The number of rotatable bonds is 7. The van der Waals surface area contributed by atoms with Gasteiger partial charge in [0.1, 0.15) is 0 Å². The van der Waals surface area contributed by atoms with Crippen molar-refractivity contribution < 1.29 is 9.84 Å². The molecule has 4 heteroatoms. The Hall–Kier alpha value is 0.1000. The predicted molar refractivity (Wildman–Crippen MR) is 72.1 cm³/mol. The van der Waals surface area contributed by atoms with Crippen LogP contribution in [0.2, 0.25) is 0 Å². The molecule has 0 aliphatic rings. The lowest BCUT2D eigenvalue weighted by Gasteiger charge is -2.21. The van der Waals surface area contributed by atoms with Gasteiger partial charge in [-0.3, -0.25) is 0 Å². The Kier molecular flexibility index (Phi) is 6.58. The fourth-order valence-electron chi connectivity index (χ4n) is 1.68. The molecule has 2 nitrogen and oxygen atoms in total. The lowest BCUT2D eigenvalue weighted by Crippen LogP contribution is -2.30. The van der Waals surface area contributed by atoms with Crippen LogP contribution in [0, 0.1) is 0 Å². The summed E-state index contributed by atoms with van der Waals surface area (Å²) in [7, 11) is 0. The van der Waals surface area contributed by atoms with Crippen molar-refractivity contribution in [2.45, 2.75) is 45.3 Å². The molecule has 0 fully saturated rings. The Morgan fingerprint density at radius 3 is 2.75 bits per heavy atom. The molecule has 16 heavy (non-hydrogen) atoms. The Morgan fingerprint density at radius 1 is 1.50 bits per heavy atom. The predicted octanol–water partition coefficient (Wildman–Crippen LogP) is 3.62. The molecule has 2 atom stereocenters. The van der Waals surface area contributed by atoms with Crippen LogP contribution < -0.4 is 0 Å². The number of aliphatic hydroxyl groups excluding tert-OH is 1. The number of hydrogen-bond acceptors (Lipinski definition) is 3. The van der Waals surface area contributed by atoms with Crippen molar-refractivity contribution in [1.82, 2.24) is 0 Å². The minimum atomic E-state index is -0.398. The van der Waals surface area contributed by atoms with Gasteiger partial charge < -0.3 is 9.84 Å². The molecule has 1 N–H and O–H groups in total. The minimum Gasteiger partial charge on any atom is -0.390 e.